The van der Waals surface area contributed by atoms with E-state index in [-0.39, 0.29) is 17.3 Å². The molecule has 1 heterocycles. The third-order valence-corrected chi connectivity index (χ3v) is 2.82. The Morgan fingerprint density at radius 1 is 1.36 bits per heavy atom. The summed E-state index contributed by atoms with van der Waals surface area (Å²) in [6.07, 6.45) is 6.36. The summed E-state index contributed by atoms with van der Waals surface area (Å²) >= 11 is 0. The molecule has 0 fully saturated rings. The lowest BCUT2D eigenvalue weighted by molar-refractivity contribution is -0.0512. The van der Waals surface area contributed by atoms with Gasteiger partial charge in [0.05, 0.1) is 13.3 Å². The Bertz CT molecular complexity index is 696. The molecule has 0 saturated heterocycles. The average molecular weight is 308 g/mol. The van der Waals surface area contributed by atoms with Crippen LogP contribution >= 0.6 is 0 Å². The first-order chi connectivity index (χ1) is 10.5. The molecule has 5 nitrogen and oxygen atoms in total. The number of hydrogen-bond donors (Lipinski definition) is 0. The van der Waals surface area contributed by atoms with Crippen molar-refractivity contribution in [1.29, 1.82) is 0 Å². The first-order valence-corrected chi connectivity index (χ1v) is 6.33. The van der Waals surface area contributed by atoms with Gasteiger partial charge in [-0.2, -0.15) is 13.9 Å². The van der Waals surface area contributed by atoms with Crippen molar-refractivity contribution in [2.75, 3.05) is 7.11 Å². The number of methoxy groups -OCH3 is 1. The summed E-state index contributed by atoms with van der Waals surface area (Å²) in [5, 5.41) is 3.98. The van der Waals surface area contributed by atoms with E-state index in [0.717, 1.165) is 5.56 Å². The van der Waals surface area contributed by atoms with E-state index in [9.17, 15) is 13.6 Å². The zero-order valence-corrected chi connectivity index (χ0v) is 12.0. The van der Waals surface area contributed by atoms with Crippen molar-refractivity contribution in [3.8, 4) is 11.5 Å². The fourth-order valence-electron chi connectivity index (χ4n) is 1.81. The highest BCUT2D eigenvalue weighted by molar-refractivity contribution is 6.07. The molecule has 0 unspecified atom stereocenters. The lowest BCUT2D eigenvalue weighted by atomic mass is 10.1. The standard InChI is InChI=1S/C15H14F2N2O3/c1-19-9-10(8-18-19)3-5-12(20)11-4-6-13(22-15(16)17)14(7-11)21-2/h3-9,15H,1-2H3/b5-3+. The van der Waals surface area contributed by atoms with Gasteiger partial charge < -0.3 is 9.47 Å². The smallest absolute Gasteiger partial charge is 0.387 e. The van der Waals surface area contributed by atoms with Crippen LogP contribution < -0.4 is 9.47 Å². The number of ether oxygens (including phenoxy) is 2. The predicted octanol–water partition coefficient (Wildman–Crippen LogP) is 2.93. The third kappa shape index (κ3) is 3.91. The average Bonchev–Trinajstić information content (AvgIpc) is 2.90. The van der Waals surface area contributed by atoms with Crippen LogP contribution in [0.5, 0.6) is 11.5 Å². The number of nitrogens with zero attached hydrogens (tertiary/aromatic N) is 2. The van der Waals surface area contributed by atoms with Gasteiger partial charge in [-0.1, -0.05) is 0 Å². The maximum absolute atomic E-state index is 12.2. The van der Waals surface area contributed by atoms with E-state index in [0.29, 0.717) is 5.56 Å². The lowest BCUT2D eigenvalue weighted by Crippen LogP contribution is -2.04. The summed E-state index contributed by atoms with van der Waals surface area (Å²) in [7, 11) is 3.08. The molecule has 0 saturated carbocycles. The van der Waals surface area contributed by atoms with Crippen molar-refractivity contribution < 1.29 is 23.0 Å². The van der Waals surface area contributed by atoms with Crippen molar-refractivity contribution in [2.45, 2.75) is 6.61 Å². The SMILES string of the molecule is COc1cc(C(=O)/C=C/c2cnn(C)c2)ccc1OC(F)F. The molecule has 0 spiro atoms. The number of halogens is 2. The molecule has 22 heavy (non-hydrogen) atoms. The normalized spacial score (nSPS) is 11.1. The van der Waals surface area contributed by atoms with Gasteiger partial charge in [0.25, 0.3) is 0 Å². The minimum absolute atomic E-state index is 0.0703. The Morgan fingerprint density at radius 3 is 2.73 bits per heavy atom. The number of hydrogen-bond acceptors (Lipinski definition) is 4. The van der Waals surface area contributed by atoms with Crippen molar-refractivity contribution in [1.82, 2.24) is 9.78 Å². The molecule has 0 N–H and O–H groups in total. The Morgan fingerprint density at radius 2 is 2.14 bits per heavy atom. The van der Waals surface area contributed by atoms with Crippen LogP contribution in [0.15, 0.2) is 36.7 Å². The number of carbonyl (C=O) groups is 1. The van der Waals surface area contributed by atoms with Crippen molar-refractivity contribution in [2.24, 2.45) is 7.05 Å². The molecule has 0 aliphatic carbocycles. The van der Waals surface area contributed by atoms with E-state index in [1.54, 1.807) is 30.2 Å². The van der Waals surface area contributed by atoms with Gasteiger partial charge in [0.2, 0.25) is 0 Å². The van der Waals surface area contributed by atoms with Crippen molar-refractivity contribution >= 4 is 11.9 Å². The topological polar surface area (TPSA) is 53.3 Å². The van der Waals surface area contributed by atoms with Gasteiger partial charge in [-0.05, 0) is 30.4 Å². The lowest BCUT2D eigenvalue weighted by Gasteiger charge is -2.10. The second-order valence-corrected chi connectivity index (χ2v) is 4.39. The number of rotatable bonds is 6. The predicted molar refractivity (Wildman–Crippen MR) is 76.2 cm³/mol. The second kappa shape index (κ2) is 6.84. The molecular weight excluding hydrogens is 294 g/mol. The first kappa shape index (κ1) is 15.7. The summed E-state index contributed by atoms with van der Waals surface area (Å²) < 4.78 is 35.4. The van der Waals surface area contributed by atoms with Gasteiger partial charge in [-0.25, -0.2) is 0 Å². The maximum Gasteiger partial charge on any atom is 0.387 e. The Hall–Kier alpha value is -2.70. The van der Waals surface area contributed by atoms with E-state index in [1.165, 1.54) is 31.4 Å². The first-order valence-electron chi connectivity index (χ1n) is 6.33. The highest BCUT2D eigenvalue weighted by Crippen LogP contribution is 2.29. The number of aromatic nitrogens is 2. The minimum atomic E-state index is -2.96. The van der Waals surface area contributed by atoms with Crippen LogP contribution in [-0.2, 0) is 7.05 Å². The van der Waals surface area contributed by atoms with Crippen molar-refractivity contribution in [3.05, 3.63) is 47.8 Å². The van der Waals surface area contributed by atoms with Gasteiger partial charge in [0.15, 0.2) is 17.3 Å². The molecule has 1 aromatic carbocycles. The summed E-state index contributed by atoms with van der Waals surface area (Å²) in [5.41, 5.74) is 1.08. The monoisotopic (exact) mass is 308 g/mol. The molecule has 116 valence electrons. The molecule has 0 atom stereocenters. The van der Waals surface area contributed by atoms with Crippen LogP contribution in [0.1, 0.15) is 15.9 Å². The van der Waals surface area contributed by atoms with E-state index in [1.807, 2.05) is 0 Å². The Balaban J connectivity index is 2.17. The van der Waals surface area contributed by atoms with E-state index < -0.39 is 6.61 Å². The number of benzene rings is 1. The van der Waals surface area contributed by atoms with Gasteiger partial charge in [0, 0.05) is 24.4 Å². The van der Waals surface area contributed by atoms with Gasteiger partial charge in [-0.3, -0.25) is 9.48 Å². The summed E-state index contributed by atoms with van der Waals surface area (Å²) in [6, 6.07) is 4.03. The second-order valence-electron chi connectivity index (χ2n) is 4.39. The van der Waals surface area contributed by atoms with E-state index >= 15 is 0 Å². The fourth-order valence-corrected chi connectivity index (χ4v) is 1.81. The largest absolute Gasteiger partial charge is 0.493 e. The fraction of sp³-hybridized carbons (Fsp3) is 0.200. The summed E-state index contributed by atoms with van der Waals surface area (Å²) in [5.74, 6) is -0.336. The summed E-state index contributed by atoms with van der Waals surface area (Å²) in [4.78, 5) is 12.1. The highest BCUT2D eigenvalue weighted by Gasteiger charge is 2.13. The van der Waals surface area contributed by atoms with Crippen LogP contribution in [0.25, 0.3) is 6.08 Å². The van der Waals surface area contributed by atoms with E-state index in [2.05, 4.69) is 9.84 Å². The molecule has 2 rings (SSSR count). The number of carbonyl (C=O) groups excluding carboxylic acids is 1. The molecule has 1 aromatic heterocycles. The van der Waals surface area contributed by atoms with Crippen molar-refractivity contribution in [3.63, 3.8) is 0 Å². The molecule has 0 amide bonds. The van der Waals surface area contributed by atoms with Gasteiger partial charge >= 0.3 is 6.61 Å². The zero-order valence-electron chi connectivity index (χ0n) is 12.0. The molecule has 0 aliphatic rings. The third-order valence-electron chi connectivity index (χ3n) is 2.82. The van der Waals surface area contributed by atoms with Gasteiger partial charge in [-0.15, -0.1) is 0 Å². The number of allylic oxidation sites excluding steroid dienone is 1. The van der Waals surface area contributed by atoms with Gasteiger partial charge in [0.1, 0.15) is 0 Å². The quantitative estimate of drug-likeness (QED) is 0.608. The number of aryl methyl sites for hydroxylation is 1. The molecule has 7 heteroatoms. The van der Waals surface area contributed by atoms with Crippen LogP contribution in [-0.4, -0.2) is 29.3 Å². The number of ketones is 1. The molecule has 0 radical (unpaired) electrons. The highest BCUT2D eigenvalue weighted by atomic mass is 19.3. The Labute approximate surface area is 125 Å². The number of alkyl halides is 2. The van der Waals surface area contributed by atoms with E-state index in [4.69, 9.17) is 4.74 Å². The zero-order chi connectivity index (χ0) is 16.1. The minimum Gasteiger partial charge on any atom is -0.493 e. The molecular formula is C15H14F2N2O3. The Kier molecular flexibility index (Phi) is 4.88. The van der Waals surface area contributed by atoms with Crippen LogP contribution in [0.3, 0.4) is 0 Å². The van der Waals surface area contributed by atoms with Crippen LogP contribution in [0.2, 0.25) is 0 Å². The van der Waals surface area contributed by atoms with Crippen LogP contribution in [0.4, 0.5) is 8.78 Å². The molecule has 0 bridgehead atoms. The summed E-state index contributed by atoms with van der Waals surface area (Å²) in [6.45, 7) is -2.96. The molecule has 0 aliphatic heterocycles. The van der Waals surface area contributed by atoms with Crippen LogP contribution in [0, 0.1) is 0 Å². The maximum atomic E-state index is 12.2. The molecule has 2 aromatic rings.